The SMILES string of the molecule is N#CCCCN1C(=O)NC(c2ccccc2)C1=O. The molecule has 5 nitrogen and oxygen atoms in total. The smallest absolute Gasteiger partial charge is 0.322 e. The zero-order chi connectivity index (χ0) is 13.0. The van der Waals surface area contributed by atoms with Gasteiger partial charge in [-0.25, -0.2) is 4.79 Å². The number of carbonyl (C=O) groups excluding carboxylic acids is 2. The molecule has 0 bridgehead atoms. The summed E-state index contributed by atoms with van der Waals surface area (Å²) in [5.41, 5.74) is 0.777. The summed E-state index contributed by atoms with van der Waals surface area (Å²) in [4.78, 5) is 24.9. The Morgan fingerprint density at radius 1 is 1.28 bits per heavy atom. The predicted octanol–water partition coefficient (Wildman–Crippen LogP) is 1.58. The molecular formula is C13H13N3O2. The lowest BCUT2D eigenvalue weighted by Crippen LogP contribution is -2.31. The van der Waals surface area contributed by atoms with Crippen LogP contribution in [0.25, 0.3) is 0 Å². The fraction of sp³-hybridized carbons (Fsp3) is 0.308. The van der Waals surface area contributed by atoms with Gasteiger partial charge in [-0.1, -0.05) is 30.3 Å². The highest BCUT2D eigenvalue weighted by atomic mass is 16.2. The monoisotopic (exact) mass is 243 g/mol. The van der Waals surface area contributed by atoms with Gasteiger partial charge in [-0.2, -0.15) is 5.26 Å². The average molecular weight is 243 g/mol. The minimum absolute atomic E-state index is 0.246. The second-order valence-electron chi connectivity index (χ2n) is 4.04. The Hall–Kier alpha value is -2.35. The maximum atomic E-state index is 12.1. The van der Waals surface area contributed by atoms with Crippen molar-refractivity contribution in [2.45, 2.75) is 18.9 Å². The molecule has 0 spiro atoms. The molecule has 0 aliphatic carbocycles. The summed E-state index contributed by atoms with van der Waals surface area (Å²) in [5, 5.41) is 11.1. The molecule has 18 heavy (non-hydrogen) atoms. The standard InChI is InChI=1S/C13H13N3O2/c14-8-4-5-9-16-12(17)11(15-13(16)18)10-6-2-1-3-7-10/h1-3,6-7,11H,4-5,9H2,(H,15,18). The number of rotatable bonds is 4. The maximum absolute atomic E-state index is 12.1. The third-order valence-electron chi connectivity index (χ3n) is 2.83. The number of nitrogens with zero attached hydrogens (tertiary/aromatic N) is 2. The normalized spacial score (nSPS) is 18.6. The number of nitriles is 1. The van der Waals surface area contributed by atoms with Crippen molar-refractivity contribution in [1.82, 2.24) is 10.2 Å². The van der Waals surface area contributed by atoms with Gasteiger partial charge in [0.1, 0.15) is 6.04 Å². The minimum Gasteiger partial charge on any atom is -0.322 e. The lowest BCUT2D eigenvalue weighted by Gasteiger charge is -2.11. The van der Waals surface area contributed by atoms with Gasteiger partial charge in [-0.15, -0.1) is 0 Å². The molecule has 1 heterocycles. The molecule has 1 atom stereocenters. The van der Waals surface area contributed by atoms with Gasteiger partial charge in [0.15, 0.2) is 0 Å². The summed E-state index contributed by atoms with van der Waals surface area (Å²) in [7, 11) is 0. The molecule has 1 unspecified atom stereocenters. The maximum Gasteiger partial charge on any atom is 0.325 e. The first-order chi connectivity index (χ1) is 8.74. The number of urea groups is 1. The summed E-state index contributed by atoms with van der Waals surface area (Å²) in [6.45, 7) is 0.293. The van der Waals surface area contributed by atoms with Gasteiger partial charge < -0.3 is 5.32 Å². The fourth-order valence-electron chi connectivity index (χ4n) is 1.92. The third kappa shape index (κ3) is 2.33. The first kappa shape index (κ1) is 12.1. The molecule has 5 heteroatoms. The van der Waals surface area contributed by atoms with E-state index in [4.69, 9.17) is 5.26 Å². The van der Waals surface area contributed by atoms with Crippen LogP contribution in [-0.4, -0.2) is 23.4 Å². The van der Waals surface area contributed by atoms with Crippen molar-refractivity contribution in [3.05, 3.63) is 35.9 Å². The number of imide groups is 1. The minimum atomic E-state index is -0.596. The van der Waals surface area contributed by atoms with E-state index >= 15 is 0 Å². The van der Waals surface area contributed by atoms with E-state index in [1.807, 2.05) is 36.4 Å². The number of hydrogen-bond donors (Lipinski definition) is 1. The molecule has 0 radical (unpaired) electrons. The van der Waals surface area contributed by atoms with Crippen LogP contribution in [0.1, 0.15) is 24.4 Å². The lowest BCUT2D eigenvalue weighted by atomic mass is 10.1. The first-order valence-corrected chi connectivity index (χ1v) is 5.78. The van der Waals surface area contributed by atoms with Crippen LogP contribution in [0.2, 0.25) is 0 Å². The molecule has 1 N–H and O–H groups in total. The van der Waals surface area contributed by atoms with E-state index in [1.54, 1.807) is 0 Å². The second kappa shape index (κ2) is 5.32. The van der Waals surface area contributed by atoms with E-state index < -0.39 is 6.04 Å². The molecule has 92 valence electrons. The van der Waals surface area contributed by atoms with Crippen LogP contribution < -0.4 is 5.32 Å². The topological polar surface area (TPSA) is 73.2 Å². The Labute approximate surface area is 105 Å². The van der Waals surface area contributed by atoms with Crippen LogP contribution in [0, 0.1) is 11.3 Å². The Morgan fingerprint density at radius 3 is 2.67 bits per heavy atom. The van der Waals surface area contributed by atoms with Crippen LogP contribution in [-0.2, 0) is 4.79 Å². The van der Waals surface area contributed by atoms with Crippen molar-refractivity contribution in [3.8, 4) is 6.07 Å². The highest BCUT2D eigenvalue weighted by Gasteiger charge is 2.38. The van der Waals surface area contributed by atoms with E-state index in [2.05, 4.69) is 5.32 Å². The second-order valence-corrected chi connectivity index (χ2v) is 4.04. The largest absolute Gasteiger partial charge is 0.325 e. The van der Waals surface area contributed by atoms with Crippen LogP contribution in [0.4, 0.5) is 4.79 Å². The highest BCUT2D eigenvalue weighted by Crippen LogP contribution is 2.21. The summed E-state index contributed by atoms with van der Waals surface area (Å²) < 4.78 is 0. The Morgan fingerprint density at radius 2 is 2.00 bits per heavy atom. The zero-order valence-corrected chi connectivity index (χ0v) is 9.80. The fourth-order valence-corrected chi connectivity index (χ4v) is 1.92. The lowest BCUT2D eigenvalue weighted by molar-refractivity contribution is -0.127. The van der Waals surface area contributed by atoms with Crippen LogP contribution >= 0.6 is 0 Å². The van der Waals surface area contributed by atoms with E-state index in [1.165, 1.54) is 4.90 Å². The summed E-state index contributed by atoms with van der Waals surface area (Å²) in [5.74, 6) is -0.246. The molecular weight excluding hydrogens is 230 g/mol. The van der Waals surface area contributed by atoms with Gasteiger partial charge >= 0.3 is 6.03 Å². The van der Waals surface area contributed by atoms with Gasteiger partial charge in [0.05, 0.1) is 6.07 Å². The van der Waals surface area contributed by atoms with Gasteiger partial charge in [-0.05, 0) is 12.0 Å². The molecule has 0 saturated carbocycles. The van der Waals surface area contributed by atoms with Crippen LogP contribution in [0.15, 0.2) is 30.3 Å². The molecule has 1 aromatic rings. The zero-order valence-electron chi connectivity index (χ0n) is 9.80. The summed E-state index contributed by atoms with van der Waals surface area (Å²) in [6.07, 6.45) is 0.851. The van der Waals surface area contributed by atoms with Crippen molar-refractivity contribution in [3.63, 3.8) is 0 Å². The van der Waals surface area contributed by atoms with Crippen LogP contribution in [0.5, 0.6) is 0 Å². The van der Waals surface area contributed by atoms with Crippen LogP contribution in [0.3, 0.4) is 0 Å². The number of nitrogens with one attached hydrogen (secondary N) is 1. The quantitative estimate of drug-likeness (QED) is 0.644. The number of carbonyl (C=O) groups is 2. The molecule has 0 aromatic heterocycles. The van der Waals surface area contributed by atoms with Crippen molar-refractivity contribution in [1.29, 1.82) is 5.26 Å². The molecule has 1 aliphatic rings. The third-order valence-corrected chi connectivity index (χ3v) is 2.83. The van der Waals surface area contributed by atoms with Crippen molar-refractivity contribution >= 4 is 11.9 Å². The average Bonchev–Trinajstić information content (AvgIpc) is 2.68. The van der Waals surface area contributed by atoms with E-state index in [-0.39, 0.29) is 11.9 Å². The Balaban J connectivity index is 2.08. The van der Waals surface area contributed by atoms with E-state index in [0.717, 1.165) is 5.56 Å². The number of benzene rings is 1. The molecule has 1 saturated heterocycles. The molecule has 1 aliphatic heterocycles. The van der Waals surface area contributed by atoms with E-state index in [9.17, 15) is 9.59 Å². The van der Waals surface area contributed by atoms with Crippen molar-refractivity contribution < 1.29 is 9.59 Å². The van der Waals surface area contributed by atoms with Gasteiger partial charge in [0, 0.05) is 13.0 Å². The summed E-state index contributed by atoms with van der Waals surface area (Å²) in [6, 6.07) is 10.1. The van der Waals surface area contributed by atoms with Gasteiger partial charge in [0.25, 0.3) is 5.91 Å². The van der Waals surface area contributed by atoms with Crippen molar-refractivity contribution in [2.75, 3.05) is 6.54 Å². The van der Waals surface area contributed by atoms with E-state index in [0.29, 0.717) is 19.4 Å². The molecule has 1 aromatic carbocycles. The Kier molecular flexibility index (Phi) is 3.58. The van der Waals surface area contributed by atoms with Gasteiger partial charge in [-0.3, -0.25) is 9.69 Å². The number of amides is 3. The van der Waals surface area contributed by atoms with Crippen molar-refractivity contribution in [2.24, 2.45) is 0 Å². The molecule has 2 rings (SSSR count). The van der Waals surface area contributed by atoms with Gasteiger partial charge in [0.2, 0.25) is 0 Å². The predicted molar refractivity (Wildman–Crippen MR) is 64.3 cm³/mol. The number of unbranched alkanes of at least 4 members (excludes halogenated alkanes) is 1. The Bertz CT molecular complexity index is 493. The summed E-state index contributed by atoms with van der Waals surface area (Å²) >= 11 is 0. The first-order valence-electron chi connectivity index (χ1n) is 5.78. The number of hydrogen-bond acceptors (Lipinski definition) is 3. The molecule has 3 amide bonds. The highest BCUT2D eigenvalue weighted by molar-refractivity contribution is 6.04. The molecule has 1 fully saturated rings.